The maximum Gasteiger partial charge on any atom is 2.00 e. The summed E-state index contributed by atoms with van der Waals surface area (Å²) in [6.07, 6.45) is 0. The van der Waals surface area contributed by atoms with Crippen LogP contribution in [0, 0.1) is 0 Å². The zero-order chi connectivity index (χ0) is 0. The van der Waals surface area contributed by atoms with Gasteiger partial charge in [-0.05, 0) is 0 Å². The Morgan fingerprint density at radius 2 is 0.400 bits per heavy atom. The Kier molecular flexibility index (Phi) is 392. The molecule has 0 radical (unpaired) electrons. The molecule has 0 spiro atoms. The summed E-state index contributed by atoms with van der Waals surface area (Å²) in [6.45, 7) is 0. The quantitative estimate of drug-likeness (QED) is 0.383. The molecule has 0 saturated heterocycles. The first-order valence-electron chi connectivity index (χ1n) is 0. The van der Waals surface area contributed by atoms with Crippen LogP contribution in [-0.4, -0.2) is 0 Å². The molecule has 0 saturated carbocycles. The average Bonchev–Trinajstić information content (AvgIpc) is 0. The topological polar surface area (TPSA) is 0 Å². The van der Waals surface area contributed by atoms with Crippen LogP contribution in [0.15, 0.2) is 0 Å². The van der Waals surface area contributed by atoms with Crippen LogP contribution in [0.2, 0.25) is 0 Å². The molecule has 4 unspecified atom stereocenters. The molecule has 0 N–H and O–H groups in total. The van der Waals surface area contributed by atoms with Crippen LogP contribution in [0.3, 0.4) is 0 Å². The molecule has 5 heteroatoms. The van der Waals surface area contributed by atoms with Gasteiger partial charge >= 0.3 is 16.5 Å². The third kappa shape index (κ3) is 22.5. The Hall–Kier alpha value is 2.21. The number of hydrogen-bond acceptors (Lipinski definition) is 0. The minimum absolute atomic E-state index is 0. The van der Waals surface area contributed by atoms with Gasteiger partial charge in [0.05, 0.1) is 0 Å². The van der Waals surface area contributed by atoms with Gasteiger partial charge in [-0.2, -0.15) is 39.6 Å². The third-order valence-electron chi connectivity index (χ3n) is 0. The van der Waals surface area contributed by atoms with Crippen molar-refractivity contribution in [3.05, 3.63) is 0 Å². The van der Waals surface area contributed by atoms with E-state index in [2.05, 4.69) is 0 Å². The van der Waals surface area contributed by atoms with Gasteiger partial charge in [0.15, 0.2) is 0 Å². The molecule has 0 aliphatic rings. The summed E-state index contributed by atoms with van der Waals surface area (Å²) in [6, 6.07) is 0. The molecule has 0 heterocycles. The van der Waals surface area contributed by atoms with Gasteiger partial charge in [0.25, 0.3) is 0 Å². The van der Waals surface area contributed by atoms with E-state index in [0.717, 1.165) is 0 Å². The molecule has 0 amide bonds. The molecule has 0 rings (SSSR count). The zero-order valence-electron chi connectivity index (χ0n) is 3.14. The Morgan fingerprint density at radius 1 is 0.400 bits per heavy atom. The third-order valence-corrected chi connectivity index (χ3v) is 0. The van der Waals surface area contributed by atoms with Crippen LogP contribution < -0.4 is 0 Å². The van der Waals surface area contributed by atoms with Crippen molar-refractivity contribution in [1.29, 1.82) is 0 Å². The predicted octanol–water partition coefficient (Wildman–Crippen LogP) is 0.230. The van der Waals surface area contributed by atoms with E-state index in [1.807, 2.05) is 0 Å². The molecular formula is H12NiP4+2. The molecule has 0 aromatic heterocycles. The van der Waals surface area contributed by atoms with Crippen molar-refractivity contribution in [3.8, 4) is 0 Å². The Labute approximate surface area is 56.4 Å². The fourth-order valence-electron chi connectivity index (χ4n) is 0. The Bertz CT molecular complexity index is 3.61. The average molecular weight is 195 g/mol. The summed E-state index contributed by atoms with van der Waals surface area (Å²) >= 11 is 0. The van der Waals surface area contributed by atoms with Crippen molar-refractivity contribution in [3.63, 3.8) is 0 Å². The molecule has 0 aliphatic carbocycles. The summed E-state index contributed by atoms with van der Waals surface area (Å²) < 4.78 is 0. The van der Waals surface area contributed by atoms with Crippen LogP contribution in [0.4, 0.5) is 0 Å². The second kappa shape index (κ2) is 34.5. The molecule has 40 valence electrons. The van der Waals surface area contributed by atoms with E-state index >= 15 is 0 Å². The summed E-state index contributed by atoms with van der Waals surface area (Å²) in [5.74, 6) is 0. The van der Waals surface area contributed by atoms with E-state index in [1.165, 1.54) is 0 Å². The van der Waals surface area contributed by atoms with Crippen molar-refractivity contribution in [2.45, 2.75) is 0 Å². The van der Waals surface area contributed by atoms with Crippen molar-refractivity contribution in [1.82, 2.24) is 0 Å². The molecular weight excluding hydrogens is 183 g/mol. The summed E-state index contributed by atoms with van der Waals surface area (Å²) in [7, 11) is 0. The first-order valence-corrected chi connectivity index (χ1v) is 0. The van der Waals surface area contributed by atoms with Gasteiger partial charge in [0, 0.05) is 0 Å². The van der Waals surface area contributed by atoms with Gasteiger partial charge in [0.1, 0.15) is 0 Å². The van der Waals surface area contributed by atoms with Gasteiger partial charge < -0.3 is 0 Å². The molecule has 5 heavy (non-hydrogen) atoms. The molecule has 0 aromatic carbocycles. The fraction of sp³-hybridized carbons (Fsp3) is 0. The van der Waals surface area contributed by atoms with Gasteiger partial charge in [-0.3, -0.25) is 0 Å². The van der Waals surface area contributed by atoms with Crippen molar-refractivity contribution >= 4 is 39.6 Å². The van der Waals surface area contributed by atoms with Gasteiger partial charge in [-0.25, -0.2) is 0 Å². The molecule has 4 atom stereocenters. The van der Waals surface area contributed by atoms with Crippen LogP contribution in [0.1, 0.15) is 0 Å². The SMILES string of the molecule is P.P.P.P.[Ni+2]. The van der Waals surface area contributed by atoms with E-state index in [0.29, 0.717) is 0 Å². The maximum atomic E-state index is 0. The first kappa shape index (κ1) is 56.8. The smallest absolute Gasteiger partial charge is 0.153 e. The standard InChI is InChI=1S/Ni.4H3P/h;4*1H3/q+2;;;;. The van der Waals surface area contributed by atoms with Gasteiger partial charge in [-0.1, -0.05) is 0 Å². The van der Waals surface area contributed by atoms with Gasteiger partial charge in [0.2, 0.25) is 0 Å². The second-order valence-electron chi connectivity index (χ2n) is 0. The second-order valence-corrected chi connectivity index (χ2v) is 0. The van der Waals surface area contributed by atoms with Crippen molar-refractivity contribution in [2.75, 3.05) is 0 Å². The number of rotatable bonds is 0. The molecule has 0 aliphatic heterocycles. The van der Waals surface area contributed by atoms with Gasteiger partial charge in [-0.15, -0.1) is 0 Å². The molecule has 0 fully saturated rings. The maximum absolute atomic E-state index is 0. The monoisotopic (exact) mass is 194 g/mol. The van der Waals surface area contributed by atoms with Crippen molar-refractivity contribution in [2.24, 2.45) is 0 Å². The normalized spacial score (nSPS) is 0. The van der Waals surface area contributed by atoms with E-state index in [-0.39, 0.29) is 56.1 Å². The largest absolute Gasteiger partial charge is 2.00 e. The van der Waals surface area contributed by atoms with E-state index in [4.69, 9.17) is 0 Å². The summed E-state index contributed by atoms with van der Waals surface area (Å²) in [5.41, 5.74) is 0. The minimum Gasteiger partial charge on any atom is -0.153 e. The van der Waals surface area contributed by atoms with Crippen LogP contribution in [-0.2, 0) is 16.5 Å². The number of hydrogen-bond donors (Lipinski definition) is 0. The molecule has 0 bridgehead atoms. The fourth-order valence-corrected chi connectivity index (χ4v) is 0. The van der Waals surface area contributed by atoms with E-state index in [9.17, 15) is 0 Å². The first-order chi connectivity index (χ1) is 0. The van der Waals surface area contributed by atoms with Crippen LogP contribution >= 0.6 is 39.6 Å². The van der Waals surface area contributed by atoms with E-state index in [1.54, 1.807) is 0 Å². The summed E-state index contributed by atoms with van der Waals surface area (Å²) in [4.78, 5) is 0. The van der Waals surface area contributed by atoms with Crippen LogP contribution in [0.5, 0.6) is 0 Å². The van der Waals surface area contributed by atoms with E-state index < -0.39 is 0 Å². The Balaban J connectivity index is 0. The van der Waals surface area contributed by atoms with Crippen molar-refractivity contribution < 1.29 is 16.5 Å². The Morgan fingerprint density at radius 3 is 0.400 bits per heavy atom. The molecule has 0 nitrogen and oxygen atoms in total. The molecule has 0 aromatic rings. The minimum atomic E-state index is 0. The zero-order valence-corrected chi connectivity index (χ0v) is 9.79. The summed E-state index contributed by atoms with van der Waals surface area (Å²) in [5, 5.41) is 0. The predicted molar refractivity (Wildman–Crippen MR) is 44.4 cm³/mol. The van der Waals surface area contributed by atoms with Crippen LogP contribution in [0.25, 0.3) is 0 Å².